The molecule has 2 aromatic heterocycles. The van der Waals surface area contributed by atoms with Crippen molar-refractivity contribution in [2.75, 3.05) is 0 Å². The van der Waals surface area contributed by atoms with Crippen molar-refractivity contribution in [2.24, 2.45) is 5.92 Å². The van der Waals surface area contributed by atoms with E-state index in [-0.39, 0.29) is 0 Å². The van der Waals surface area contributed by atoms with Crippen molar-refractivity contribution >= 4 is 0 Å². The van der Waals surface area contributed by atoms with E-state index in [0.29, 0.717) is 0 Å². The minimum atomic E-state index is 0.751. The van der Waals surface area contributed by atoms with Gasteiger partial charge in [0.25, 0.3) is 0 Å². The zero-order valence-corrected chi connectivity index (χ0v) is 15.1. The molecule has 0 amide bonds. The van der Waals surface area contributed by atoms with Gasteiger partial charge in [-0.1, -0.05) is 42.0 Å². The molecule has 0 aliphatic heterocycles. The van der Waals surface area contributed by atoms with Crippen molar-refractivity contribution < 1.29 is 0 Å². The van der Waals surface area contributed by atoms with Crippen LogP contribution in [0.25, 0.3) is 28.5 Å². The average molecular weight is 356 g/mol. The van der Waals surface area contributed by atoms with Crippen molar-refractivity contribution in [3.63, 3.8) is 0 Å². The number of aromatic nitrogens is 6. The Bertz CT molecular complexity index is 1040. The summed E-state index contributed by atoms with van der Waals surface area (Å²) in [5.41, 5.74) is 4.30. The van der Waals surface area contributed by atoms with E-state index in [9.17, 15) is 0 Å². The largest absolute Gasteiger partial charge is 0.259 e. The van der Waals surface area contributed by atoms with Gasteiger partial charge in [-0.05, 0) is 37.8 Å². The first kappa shape index (κ1) is 15.9. The molecule has 0 spiro atoms. The minimum absolute atomic E-state index is 0.751. The van der Waals surface area contributed by atoms with Crippen LogP contribution in [-0.2, 0) is 6.42 Å². The van der Waals surface area contributed by atoms with E-state index in [4.69, 9.17) is 10.1 Å². The fourth-order valence-electron chi connectivity index (χ4n) is 3.20. The lowest BCUT2D eigenvalue weighted by molar-refractivity contribution is 0.754. The molecule has 1 aliphatic rings. The standard InChI is InChI=1S/C21H20N6/c1-14-2-10-18(11-3-14)27-21(24-19(26-27)12-15-4-5-15)17-8-6-16(7-9-17)20-22-13-23-25-20/h2-3,6-11,13,15H,4-5,12H2,1H3,(H,22,23,25). The highest BCUT2D eigenvalue weighted by atomic mass is 15.4. The first-order valence-electron chi connectivity index (χ1n) is 9.25. The Morgan fingerprint density at radius 3 is 2.41 bits per heavy atom. The maximum Gasteiger partial charge on any atom is 0.163 e. The molecule has 134 valence electrons. The Kier molecular flexibility index (Phi) is 3.81. The van der Waals surface area contributed by atoms with Gasteiger partial charge in [-0.15, -0.1) is 0 Å². The molecule has 4 aromatic rings. The summed E-state index contributed by atoms with van der Waals surface area (Å²) in [7, 11) is 0. The van der Waals surface area contributed by atoms with E-state index in [1.807, 2.05) is 16.8 Å². The molecule has 6 nitrogen and oxygen atoms in total. The van der Waals surface area contributed by atoms with Crippen LogP contribution in [0, 0.1) is 12.8 Å². The summed E-state index contributed by atoms with van der Waals surface area (Å²) >= 11 is 0. The minimum Gasteiger partial charge on any atom is -0.259 e. The van der Waals surface area contributed by atoms with Crippen LogP contribution < -0.4 is 0 Å². The van der Waals surface area contributed by atoms with Crippen LogP contribution in [0.1, 0.15) is 24.2 Å². The number of hydrogen-bond acceptors (Lipinski definition) is 4. The first-order chi connectivity index (χ1) is 13.3. The predicted octanol–water partition coefficient (Wildman–Crippen LogP) is 3.98. The molecule has 0 saturated heterocycles. The number of nitrogens with zero attached hydrogens (tertiary/aromatic N) is 5. The van der Waals surface area contributed by atoms with Crippen LogP contribution >= 0.6 is 0 Å². The van der Waals surface area contributed by atoms with Gasteiger partial charge >= 0.3 is 0 Å². The van der Waals surface area contributed by atoms with E-state index in [1.54, 1.807) is 0 Å². The Morgan fingerprint density at radius 1 is 1.00 bits per heavy atom. The van der Waals surface area contributed by atoms with Gasteiger partial charge in [0.05, 0.1) is 5.69 Å². The number of aromatic amines is 1. The first-order valence-corrected chi connectivity index (χ1v) is 9.25. The quantitative estimate of drug-likeness (QED) is 0.587. The van der Waals surface area contributed by atoms with Gasteiger partial charge in [0.2, 0.25) is 0 Å². The van der Waals surface area contributed by atoms with E-state index in [2.05, 4.69) is 58.5 Å². The molecule has 2 aromatic carbocycles. The van der Waals surface area contributed by atoms with Crippen molar-refractivity contribution in [3.8, 4) is 28.5 Å². The molecule has 27 heavy (non-hydrogen) atoms. The summed E-state index contributed by atoms with van der Waals surface area (Å²) in [4.78, 5) is 9.07. The molecule has 6 heteroatoms. The van der Waals surface area contributed by atoms with Crippen molar-refractivity contribution in [1.29, 1.82) is 0 Å². The molecule has 0 unspecified atom stereocenters. The third kappa shape index (κ3) is 3.26. The molecule has 1 aliphatic carbocycles. The molecule has 1 fully saturated rings. The predicted molar refractivity (Wildman–Crippen MR) is 103 cm³/mol. The summed E-state index contributed by atoms with van der Waals surface area (Å²) in [6.45, 7) is 2.09. The third-order valence-corrected chi connectivity index (χ3v) is 4.93. The van der Waals surface area contributed by atoms with Gasteiger partial charge in [0.1, 0.15) is 6.33 Å². The smallest absolute Gasteiger partial charge is 0.163 e. The van der Waals surface area contributed by atoms with Crippen LogP contribution in [0.15, 0.2) is 54.9 Å². The monoisotopic (exact) mass is 356 g/mol. The molecule has 0 radical (unpaired) electrons. The highest BCUT2D eigenvalue weighted by molar-refractivity contribution is 5.64. The lowest BCUT2D eigenvalue weighted by Gasteiger charge is -2.07. The van der Waals surface area contributed by atoms with Crippen LogP contribution in [0.4, 0.5) is 0 Å². The van der Waals surface area contributed by atoms with Crippen LogP contribution in [0.5, 0.6) is 0 Å². The lowest BCUT2D eigenvalue weighted by Crippen LogP contribution is -2.00. The van der Waals surface area contributed by atoms with Gasteiger partial charge < -0.3 is 0 Å². The fourth-order valence-corrected chi connectivity index (χ4v) is 3.20. The number of H-pyrrole nitrogens is 1. The van der Waals surface area contributed by atoms with Crippen LogP contribution in [-0.4, -0.2) is 29.9 Å². The Labute approximate surface area is 157 Å². The Hall–Kier alpha value is -3.28. The Morgan fingerprint density at radius 2 is 1.74 bits per heavy atom. The molecule has 1 N–H and O–H groups in total. The van der Waals surface area contributed by atoms with Crippen molar-refractivity contribution in [2.45, 2.75) is 26.2 Å². The number of aryl methyl sites for hydroxylation is 1. The molecule has 0 atom stereocenters. The summed E-state index contributed by atoms with van der Waals surface area (Å²) in [5.74, 6) is 3.31. The second-order valence-electron chi connectivity index (χ2n) is 7.16. The number of benzene rings is 2. The van der Waals surface area contributed by atoms with Gasteiger partial charge in [-0.25, -0.2) is 14.6 Å². The van der Waals surface area contributed by atoms with E-state index < -0.39 is 0 Å². The second-order valence-corrected chi connectivity index (χ2v) is 7.16. The van der Waals surface area contributed by atoms with Crippen LogP contribution in [0.2, 0.25) is 0 Å². The SMILES string of the molecule is Cc1ccc(-n2nc(CC3CC3)nc2-c2ccc(-c3ncn[nH]3)cc2)cc1. The van der Waals surface area contributed by atoms with Gasteiger partial charge in [-0.2, -0.15) is 10.2 Å². The van der Waals surface area contributed by atoms with E-state index in [1.165, 1.54) is 24.7 Å². The second kappa shape index (κ2) is 6.46. The maximum absolute atomic E-state index is 4.87. The number of nitrogens with one attached hydrogen (secondary N) is 1. The number of hydrogen-bond donors (Lipinski definition) is 1. The topological polar surface area (TPSA) is 72.3 Å². The van der Waals surface area contributed by atoms with E-state index >= 15 is 0 Å². The summed E-state index contributed by atoms with van der Waals surface area (Å²) in [5, 5.41) is 11.6. The average Bonchev–Trinajstić information content (AvgIpc) is 3.18. The number of rotatable bonds is 5. The molecule has 2 heterocycles. The van der Waals surface area contributed by atoms with Gasteiger partial charge in [-0.3, -0.25) is 5.10 Å². The summed E-state index contributed by atoms with van der Waals surface area (Å²) in [6.07, 6.45) is 5.06. The molecular formula is C21H20N6. The van der Waals surface area contributed by atoms with Crippen molar-refractivity contribution in [3.05, 3.63) is 66.2 Å². The lowest BCUT2D eigenvalue weighted by atomic mass is 10.1. The highest BCUT2D eigenvalue weighted by Crippen LogP contribution is 2.33. The molecule has 1 saturated carbocycles. The Balaban J connectivity index is 1.55. The molecule has 5 rings (SSSR count). The van der Waals surface area contributed by atoms with Gasteiger partial charge in [0.15, 0.2) is 17.5 Å². The molecular weight excluding hydrogens is 336 g/mol. The maximum atomic E-state index is 4.87. The normalized spacial score (nSPS) is 13.8. The third-order valence-electron chi connectivity index (χ3n) is 4.93. The highest BCUT2D eigenvalue weighted by Gasteiger charge is 2.25. The zero-order valence-electron chi connectivity index (χ0n) is 15.1. The zero-order chi connectivity index (χ0) is 18.2. The van der Waals surface area contributed by atoms with Crippen molar-refractivity contribution in [1.82, 2.24) is 29.9 Å². The summed E-state index contributed by atoms with van der Waals surface area (Å²) < 4.78 is 1.96. The van der Waals surface area contributed by atoms with Crippen LogP contribution in [0.3, 0.4) is 0 Å². The van der Waals surface area contributed by atoms with Gasteiger partial charge in [0, 0.05) is 17.5 Å². The molecule has 0 bridgehead atoms. The summed E-state index contributed by atoms with van der Waals surface area (Å²) in [6, 6.07) is 16.6. The fraction of sp³-hybridized carbons (Fsp3) is 0.238. The van der Waals surface area contributed by atoms with E-state index in [0.717, 1.165) is 46.6 Å².